The maximum atomic E-state index is 12.6. The highest BCUT2D eigenvalue weighted by Gasteiger charge is 2.23. The molecule has 0 aromatic heterocycles. The van der Waals surface area contributed by atoms with Crippen LogP contribution in [-0.4, -0.2) is 23.9 Å². The van der Waals surface area contributed by atoms with Gasteiger partial charge in [0.1, 0.15) is 0 Å². The number of carbonyl (C=O) groups excluding carboxylic acids is 1. The third kappa shape index (κ3) is 4.79. The number of nitrogens with two attached hydrogens (primary N) is 1. The first kappa shape index (κ1) is 18.8. The van der Waals surface area contributed by atoms with Crippen LogP contribution in [-0.2, 0) is 17.9 Å². The van der Waals surface area contributed by atoms with Gasteiger partial charge in [-0.3, -0.25) is 9.69 Å². The van der Waals surface area contributed by atoms with Crippen molar-refractivity contribution in [3.63, 3.8) is 0 Å². The van der Waals surface area contributed by atoms with Crippen LogP contribution in [0.3, 0.4) is 0 Å². The number of nitrogens with one attached hydrogen (secondary N) is 1. The van der Waals surface area contributed by atoms with Crippen molar-refractivity contribution in [2.45, 2.75) is 19.5 Å². The smallest absolute Gasteiger partial charge is 0.250 e. The van der Waals surface area contributed by atoms with E-state index in [0.29, 0.717) is 47.4 Å². The normalized spacial score (nSPS) is 15.2. The third-order valence-electron chi connectivity index (χ3n) is 4.45. The van der Waals surface area contributed by atoms with Gasteiger partial charge in [0.2, 0.25) is 0 Å². The highest BCUT2D eigenvalue weighted by Crippen LogP contribution is 2.24. The molecule has 1 heterocycles. The van der Waals surface area contributed by atoms with E-state index in [4.69, 9.17) is 28.9 Å². The van der Waals surface area contributed by atoms with E-state index in [-0.39, 0.29) is 5.91 Å². The Bertz CT molecular complexity index is 821. The number of amides is 1. The summed E-state index contributed by atoms with van der Waals surface area (Å²) >= 11 is 12.2. The first-order valence-corrected chi connectivity index (χ1v) is 9.24. The quantitative estimate of drug-likeness (QED) is 0.818. The molecule has 0 radical (unpaired) electrons. The van der Waals surface area contributed by atoms with Gasteiger partial charge in [0.05, 0.1) is 0 Å². The van der Waals surface area contributed by atoms with Crippen LogP contribution in [0.5, 0.6) is 0 Å². The lowest BCUT2D eigenvalue weighted by molar-refractivity contribution is -0.118. The second kappa shape index (κ2) is 8.58. The summed E-state index contributed by atoms with van der Waals surface area (Å²) in [7, 11) is 0. The van der Waals surface area contributed by atoms with Crippen LogP contribution in [0.4, 0.5) is 0 Å². The monoisotopic (exact) mass is 389 g/mol. The van der Waals surface area contributed by atoms with Crippen molar-refractivity contribution < 1.29 is 4.79 Å². The molecule has 136 valence electrons. The van der Waals surface area contributed by atoms with Crippen LogP contribution in [0.15, 0.2) is 59.8 Å². The van der Waals surface area contributed by atoms with Crippen molar-refractivity contribution >= 4 is 29.1 Å². The topological polar surface area (TPSA) is 58.4 Å². The van der Waals surface area contributed by atoms with E-state index in [1.807, 2.05) is 42.5 Å². The minimum Gasteiger partial charge on any atom is -0.402 e. The van der Waals surface area contributed by atoms with Gasteiger partial charge < -0.3 is 11.1 Å². The summed E-state index contributed by atoms with van der Waals surface area (Å²) in [6.45, 7) is 2.43. The number of carbonyl (C=O) groups is 1. The lowest BCUT2D eigenvalue weighted by atomic mass is 10.0. The zero-order valence-corrected chi connectivity index (χ0v) is 15.9. The van der Waals surface area contributed by atoms with E-state index in [1.54, 1.807) is 6.07 Å². The van der Waals surface area contributed by atoms with Gasteiger partial charge in [0.15, 0.2) is 0 Å². The van der Waals surface area contributed by atoms with Crippen LogP contribution in [0.1, 0.15) is 17.5 Å². The Balaban J connectivity index is 1.63. The summed E-state index contributed by atoms with van der Waals surface area (Å²) in [5.74, 6) is -0.113. The molecule has 0 atom stereocenters. The maximum absolute atomic E-state index is 12.6. The van der Waals surface area contributed by atoms with Crippen molar-refractivity contribution in [1.29, 1.82) is 0 Å². The molecule has 0 fully saturated rings. The summed E-state index contributed by atoms with van der Waals surface area (Å²) in [6, 6.07) is 15.3. The molecular weight excluding hydrogens is 369 g/mol. The van der Waals surface area contributed by atoms with Gasteiger partial charge in [0, 0.05) is 53.9 Å². The third-order valence-corrected chi connectivity index (χ3v) is 5.03. The van der Waals surface area contributed by atoms with Gasteiger partial charge in [-0.2, -0.15) is 0 Å². The number of benzene rings is 2. The fourth-order valence-electron chi connectivity index (χ4n) is 2.96. The van der Waals surface area contributed by atoms with Crippen molar-refractivity contribution in [3.8, 4) is 0 Å². The van der Waals surface area contributed by atoms with Crippen molar-refractivity contribution in [2.24, 2.45) is 5.73 Å². The summed E-state index contributed by atoms with van der Waals surface area (Å²) in [4.78, 5) is 14.7. The van der Waals surface area contributed by atoms with E-state index < -0.39 is 0 Å². The molecule has 1 amide bonds. The van der Waals surface area contributed by atoms with E-state index in [2.05, 4.69) is 10.2 Å². The van der Waals surface area contributed by atoms with Crippen LogP contribution in [0.25, 0.3) is 0 Å². The second-order valence-corrected chi connectivity index (χ2v) is 7.21. The molecule has 0 spiro atoms. The minimum atomic E-state index is -0.113. The van der Waals surface area contributed by atoms with E-state index in [9.17, 15) is 4.79 Å². The molecule has 3 N–H and O–H groups in total. The molecule has 26 heavy (non-hydrogen) atoms. The molecule has 2 aromatic rings. The van der Waals surface area contributed by atoms with Crippen molar-refractivity contribution in [1.82, 2.24) is 10.2 Å². The summed E-state index contributed by atoms with van der Waals surface area (Å²) in [5, 5.41) is 4.20. The van der Waals surface area contributed by atoms with Gasteiger partial charge in [0.25, 0.3) is 5.91 Å². The van der Waals surface area contributed by atoms with Crippen LogP contribution in [0, 0.1) is 0 Å². The van der Waals surface area contributed by atoms with Crippen molar-refractivity contribution in [3.05, 3.63) is 81.0 Å². The average Bonchev–Trinajstić information content (AvgIpc) is 2.64. The lowest BCUT2D eigenvalue weighted by Gasteiger charge is -2.29. The predicted molar refractivity (Wildman–Crippen MR) is 106 cm³/mol. The number of hydrogen-bond donors (Lipinski definition) is 2. The molecule has 0 aliphatic carbocycles. The second-order valence-electron chi connectivity index (χ2n) is 6.37. The molecule has 1 aliphatic rings. The molecular formula is C20H21Cl2N3O. The first-order chi connectivity index (χ1) is 12.5. The molecule has 3 rings (SSSR count). The van der Waals surface area contributed by atoms with Gasteiger partial charge in [-0.15, -0.1) is 0 Å². The Morgan fingerprint density at radius 2 is 1.92 bits per heavy atom. The molecule has 6 heteroatoms. The first-order valence-electron chi connectivity index (χ1n) is 8.49. The predicted octanol–water partition coefficient (Wildman–Crippen LogP) is 3.73. The Morgan fingerprint density at radius 3 is 2.65 bits per heavy atom. The lowest BCUT2D eigenvalue weighted by Crippen LogP contribution is -2.39. The standard InChI is InChI=1S/C20H21Cl2N3O/c21-16-7-6-15(18(22)10-16)12-25-9-8-19(23)17(13-25)20(26)24-11-14-4-2-1-3-5-14/h1-7,10H,8-9,11-13,23H2,(H,24,26). The summed E-state index contributed by atoms with van der Waals surface area (Å²) in [5.41, 5.74) is 9.44. The highest BCUT2D eigenvalue weighted by atomic mass is 35.5. The minimum absolute atomic E-state index is 0.113. The van der Waals surface area contributed by atoms with Gasteiger partial charge in [-0.05, 0) is 23.3 Å². The van der Waals surface area contributed by atoms with Crippen LogP contribution >= 0.6 is 23.2 Å². The van der Waals surface area contributed by atoms with E-state index >= 15 is 0 Å². The van der Waals surface area contributed by atoms with Crippen molar-refractivity contribution in [2.75, 3.05) is 13.1 Å². The maximum Gasteiger partial charge on any atom is 0.250 e. The Kier molecular flexibility index (Phi) is 6.20. The fraction of sp³-hybridized carbons (Fsp3) is 0.250. The SMILES string of the molecule is NC1=C(C(=O)NCc2ccccc2)CN(Cc2ccc(Cl)cc2Cl)CC1. The average molecular weight is 390 g/mol. The van der Waals surface area contributed by atoms with Gasteiger partial charge >= 0.3 is 0 Å². The largest absolute Gasteiger partial charge is 0.402 e. The van der Waals surface area contributed by atoms with Gasteiger partial charge in [-0.1, -0.05) is 59.6 Å². The fourth-order valence-corrected chi connectivity index (χ4v) is 3.43. The number of hydrogen-bond acceptors (Lipinski definition) is 3. The molecule has 2 aromatic carbocycles. The van der Waals surface area contributed by atoms with E-state index in [0.717, 1.165) is 17.7 Å². The number of rotatable bonds is 5. The van der Waals surface area contributed by atoms with E-state index in [1.165, 1.54) is 0 Å². The Labute approximate surface area is 163 Å². The van der Waals surface area contributed by atoms with Gasteiger partial charge in [-0.25, -0.2) is 0 Å². The Hall–Kier alpha value is -2.01. The number of nitrogens with zero attached hydrogens (tertiary/aromatic N) is 1. The Morgan fingerprint density at radius 1 is 1.15 bits per heavy atom. The molecule has 1 aliphatic heterocycles. The molecule has 0 bridgehead atoms. The molecule has 0 saturated carbocycles. The van der Waals surface area contributed by atoms with Crippen LogP contribution in [0.2, 0.25) is 10.0 Å². The zero-order valence-electron chi connectivity index (χ0n) is 14.3. The number of halogens is 2. The molecule has 0 saturated heterocycles. The molecule has 0 unspecified atom stereocenters. The molecule has 4 nitrogen and oxygen atoms in total. The van der Waals surface area contributed by atoms with Crippen LogP contribution < -0.4 is 11.1 Å². The zero-order chi connectivity index (χ0) is 18.5. The summed E-state index contributed by atoms with van der Waals surface area (Å²) in [6.07, 6.45) is 0.666. The summed E-state index contributed by atoms with van der Waals surface area (Å²) < 4.78 is 0. The highest BCUT2D eigenvalue weighted by molar-refractivity contribution is 6.35.